The second-order valence-electron chi connectivity index (χ2n) is 20.3. The van der Waals surface area contributed by atoms with E-state index in [1.54, 1.807) is 24.8 Å². The van der Waals surface area contributed by atoms with Crippen molar-refractivity contribution in [3.05, 3.63) is 126 Å². The monoisotopic (exact) mass is 974 g/mol. The van der Waals surface area contributed by atoms with Crippen molar-refractivity contribution in [3.8, 4) is 33.8 Å². The second-order valence-corrected chi connectivity index (χ2v) is 20.3. The van der Waals surface area contributed by atoms with E-state index in [2.05, 4.69) is 53.5 Å². The number of aliphatic hydroxyl groups is 2. The third-order valence-corrected chi connectivity index (χ3v) is 15.5. The van der Waals surface area contributed by atoms with Gasteiger partial charge in [0.15, 0.2) is 11.6 Å². The number of likely N-dealkylation sites (tertiary alicyclic amines) is 1. The number of carbonyl (C=O) groups excluding carboxylic acids is 1. The number of nitrogens with one attached hydrogen (secondary N) is 5. The highest BCUT2D eigenvalue weighted by Gasteiger charge is 2.35. The molecule has 1 amide bonds. The minimum atomic E-state index is -0.699. The summed E-state index contributed by atoms with van der Waals surface area (Å²) in [5.74, 6) is 0.693. The number of H-pyrrole nitrogens is 3. The molecule has 370 valence electrons. The minimum absolute atomic E-state index is 0.0325. The summed E-state index contributed by atoms with van der Waals surface area (Å²) in [6, 6.07) is 14.2. The van der Waals surface area contributed by atoms with E-state index in [0.717, 1.165) is 123 Å². The number of nitrogen functional groups attached to an aromatic ring is 1. The molecule has 73 heavy (non-hydrogen) atoms. The lowest BCUT2D eigenvalue weighted by Gasteiger charge is -2.35. The molecule has 2 aliphatic carbocycles. The molecule has 3 unspecified atom stereocenters. The van der Waals surface area contributed by atoms with Crippen molar-refractivity contribution in [1.82, 2.24) is 55.0 Å². The Labute approximate surface area is 421 Å². The summed E-state index contributed by atoms with van der Waals surface area (Å²) in [7, 11) is 0. The number of aromatic nitrogens is 10. The van der Waals surface area contributed by atoms with Crippen molar-refractivity contribution < 1.29 is 15.0 Å². The summed E-state index contributed by atoms with van der Waals surface area (Å²) in [6.07, 6.45) is 21.3. The van der Waals surface area contributed by atoms with Crippen LogP contribution in [-0.2, 0) is 11.3 Å². The van der Waals surface area contributed by atoms with Crippen LogP contribution in [0.4, 0.5) is 11.4 Å². The van der Waals surface area contributed by atoms with E-state index >= 15 is 0 Å². The van der Waals surface area contributed by atoms with Gasteiger partial charge in [0.1, 0.15) is 11.4 Å². The first-order valence-corrected chi connectivity index (χ1v) is 25.6. The van der Waals surface area contributed by atoms with Crippen LogP contribution < -0.4 is 11.1 Å². The summed E-state index contributed by atoms with van der Waals surface area (Å²) >= 11 is 0. The van der Waals surface area contributed by atoms with Crippen LogP contribution in [0.15, 0.2) is 92.0 Å². The maximum absolute atomic E-state index is 12.1. The predicted octanol–water partition coefficient (Wildman–Crippen LogP) is 9.27. The second kappa shape index (κ2) is 19.4. The average Bonchev–Trinajstić information content (AvgIpc) is 4.26. The molecule has 1 saturated heterocycles. The van der Waals surface area contributed by atoms with E-state index in [-0.39, 0.29) is 35.5 Å². The number of amides is 1. The highest BCUT2D eigenvalue weighted by atomic mass is 16.3. The van der Waals surface area contributed by atoms with Gasteiger partial charge in [-0.05, 0) is 141 Å². The largest absolute Gasteiger partial charge is 0.398 e. The van der Waals surface area contributed by atoms with E-state index in [4.69, 9.17) is 30.8 Å². The third kappa shape index (κ3) is 9.01. The van der Waals surface area contributed by atoms with Crippen molar-refractivity contribution in [2.45, 2.75) is 108 Å². The summed E-state index contributed by atoms with van der Waals surface area (Å²) in [4.78, 5) is 50.1. The Kier molecular flexibility index (Phi) is 12.3. The summed E-state index contributed by atoms with van der Waals surface area (Å²) in [6.45, 7) is 4.75. The smallest absolute Gasteiger partial charge is 0.224 e. The molecule has 17 heteroatoms. The standard InChI is InChI=1S/C56H58N14O3/c1-2-49(73)63-37-16-36(23-60-24-37)32-7-11-45-41(17-32)54(69-68-45)56-65-47-28-62-26-44(53(47)67-56)33-8-12-48(72)39(18-33)40-19-34(35-15-30(21-59-22-35)29-70-13-3-4-14-70)20-42(50(40)57)51(58)55-64-46-27-61-25-43(52(46)66-55)31-5-9-38(71)10-6-31/h7,11,15-17,19-28,31,33,38-39,48,58,71-72H,2-6,8-10,12-14,18,29,57H2,1H3,(H,63,73)(H,64,66)(H,65,67)(H,68,69). The Bertz CT molecular complexity index is 3550. The number of carbonyl (C=O) groups is 1. The molecule has 0 bridgehead atoms. The van der Waals surface area contributed by atoms with Crippen molar-refractivity contribution in [1.29, 1.82) is 5.41 Å². The van der Waals surface area contributed by atoms with Gasteiger partial charge in [0.05, 0.1) is 64.1 Å². The van der Waals surface area contributed by atoms with Crippen molar-refractivity contribution in [2.75, 3.05) is 24.1 Å². The fourth-order valence-electron chi connectivity index (χ4n) is 11.6. The number of aliphatic hydroxyl groups excluding tert-OH is 2. The quantitative estimate of drug-likeness (QED) is 0.0421. The summed E-state index contributed by atoms with van der Waals surface area (Å²) < 4.78 is 0. The van der Waals surface area contributed by atoms with Gasteiger partial charge in [0.2, 0.25) is 5.91 Å². The molecule has 2 saturated carbocycles. The lowest BCUT2D eigenvalue weighted by Crippen LogP contribution is -2.28. The average molecular weight is 975 g/mol. The minimum Gasteiger partial charge on any atom is -0.398 e. The van der Waals surface area contributed by atoms with E-state index in [0.29, 0.717) is 60.0 Å². The maximum atomic E-state index is 12.1. The number of nitrogens with two attached hydrogens (primary N) is 1. The predicted molar refractivity (Wildman–Crippen MR) is 282 cm³/mol. The third-order valence-electron chi connectivity index (χ3n) is 15.5. The molecule has 0 radical (unpaired) electrons. The fourth-order valence-corrected chi connectivity index (χ4v) is 11.6. The van der Waals surface area contributed by atoms with Crippen LogP contribution in [0.3, 0.4) is 0 Å². The highest BCUT2D eigenvalue weighted by Crippen LogP contribution is 2.47. The Balaban J connectivity index is 0.893. The molecule has 2 aromatic carbocycles. The van der Waals surface area contributed by atoms with E-state index in [1.807, 2.05) is 56.0 Å². The van der Waals surface area contributed by atoms with Crippen molar-refractivity contribution >= 4 is 56.0 Å². The van der Waals surface area contributed by atoms with Crippen LogP contribution in [0.5, 0.6) is 0 Å². The number of benzene rings is 2. The lowest BCUT2D eigenvalue weighted by molar-refractivity contribution is -0.115. The molecule has 3 fully saturated rings. The summed E-state index contributed by atoms with van der Waals surface area (Å²) in [5, 5.41) is 43.8. The van der Waals surface area contributed by atoms with Gasteiger partial charge in [0.25, 0.3) is 0 Å². The van der Waals surface area contributed by atoms with E-state index < -0.39 is 6.10 Å². The number of rotatable bonds is 12. The van der Waals surface area contributed by atoms with Crippen LogP contribution in [0.1, 0.15) is 123 Å². The van der Waals surface area contributed by atoms with E-state index in [9.17, 15) is 20.4 Å². The SMILES string of the molecule is CCC(=O)Nc1cncc(-c2ccc3[nH]nc(-c4nc5c(C6CCC(O)C(c7cc(-c8cncc(CN9CCCC9)c8)cc(C(=N)c8nc9c(C%10CCC(O)CC%10)cncc9[nH]8)c7N)C6)cncc5[nH]4)c3c2)c1. The zero-order valence-electron chi connectivity index (χ0n) is 40.7. The van der Waals surface area contributed by atoms with Crippen LogP contribution in [-0.4, -0.2) is 102 Å². The summed E-state index contributed by atoms with van der Waals surface area (Å²) in [5.41, 5.74) is 21.0. The van der Waals surface area contributed by atoms with Gasteiger partial charge >= 0.3 is 0 Å². The molecule has 12 rings (SSSR count). The van der Waals surface area contributed by atoms with Crippen LogP contribution >= 0.6 is 0 Å². The molecule has 3 aliphatic rings. The van der Waals surface area contributed by atoms with Gasteiger partial charge in [0, 0.05) is 88.8 Å². The number of imidazole rings is 2. The molecule has 0 spiro atoms. The van der Waals surface area contributed by atoms with E-state index in [1.165, 1.54) is 12.8 Å². The molecule has 9 N–H and O–H groups in total. The molecular formula is C56H58N14O3. The number of hydrogen-bond donors (Lipinski definition) is 8. The molecular weight excluding hydrogens is 917 g/mol. The molecule has 1 aliphatic heterocycles. The topological polar surface area (TPSA) is 260 Å². The molecule has 17 nitrogen and oxygen atoms in total. The van der Waals surface area contributed by atoms with Gasteiger partial charge in [-0.3, -0.25) is 40.1 Å². The first-order valence-electron chi connectivity index (χ1n) is 25.6. The molecule has 3 atom stereocenters. The normalized spacial score (nSPS) is 20.6. The number of nitrogens with zero attached hydrogens (tertiary/aromatic N) is 8. The number of anilines is 2. The Morgan fingerprint density at radius 3 is 2.25 bits per heavy atom. The first kappa shape index (κ1) is 46.3. The van der Waals surface area contributed by atoms with Gasteiger partial charge < -0.3 is 31.2 Å². The van der Waals surface area contributed by atoms with Crippen molar-refractivity contribution in [2.24, 2.45) is 0 Å². The zero-order chi connectivity index (χ0) is 49.7. The van der Waals surface area contributed by atoms with Gasteiger partial charge in [-0.2, -0.15) is 5.10 Å². The number of hydrogen-bond acceptors (Lipinski definition) is 13. The fraction of sp³-hybridized carbons (Fsp3) is 0.339. The highest BCUT2D eigenvalue weighted by molar-refractivity contribution is 6.14. The Morgan fingerprint density at radius 1 is 0.740 bits per heavy atom. The van der Waals surface area contributed by atoms with Crippen LogP contribution in [0.2, 0.25) is 0 Å². The maximum Gasteiger partial charge on any atom is 0.224 e. The van der Waals surface area contributed by atoms with Crippen LogP contribution in [0, 0.1) is 5.41 Å². The Hall–Kier alpha value is -7.73. The number of fused-ring (bicyclic) bond motifs is 3. The number of aromatic amines is 3. The van der Waals surface area contributed by atoms with Gasteiger partial charge in [-0.1, -0.05) is 13.0 Å². The van der Waals surface area contributed by atoms with Gasteiger partial charge in [-0.25, -0.2) is 9.97 Å². The van der Waals surface area contributed by atoms with Crippen molar-refractivity contribution in [3.63, 3.8) is 0 Å². The first-order chi connectivity index (χ1) is 35.6. The molecule has 7 aromatic heterocycles. The number of pyridine rings is 4. The van der Waals surface area contributed by atoms with Crippen LogP contribution in [0.25, 0.3) is 66.7 Å². The lowest BCUT2D eigenvalue weighted by atomic mass is 9.72. The van der Waals surface area contributed by atoms with Gasteiger partial charge in [-0.15, -0.1) is 0 Å². The zero-order valence-corrected chi connectivity index (χ0v) is 40.7. The molecule has 8 heterocycles. The molecule has 9 aromatic rings. The Morgan fingerprint density at radius 2 is 1.45 bits per heavy atom.